The van der Waals surface area contributed by atoms with E-state index in [1.54, 1.807) is 0 Å². The Morgan fingerprint density at radius 3 is 2.71 bits per heavy atom. The number of hydrogen-bond acceptors (Lipinski definition) is 2. The van der Waals surface area contributed by atoms with Gasteiger partial charge in [0.25, 0.3) is 0 Å². The summed E-state index contributed by atoms with van der Waals surface area (Å²) in [6.45, 7) is 2.64. The molecular weight excluding hydrogens is 292 g/mol. The lowest BCUT2D eigenvalue weighted by molar-refractivity contribution is 0.00293. The molecule has 0 unspecified atom stereocenters. The van der Waals surface area contributed by atoms with E-state index in [-0.39, 0.29) is 22.3 Å². The maximum Gasteiger partial charge on any atom is 0.147 e. The van der Waals surface area contributed by atoms with Gasteiger partial charge in [0, 0.05) is 18.7 Å². The number of ether oxygens (including phenoxy) is 1. The zero-order chi connectivity index (χ0) is 12.4. The Kier molecular flexibility index (Phi) is 3.99. The van der Waals surface area contributed by atoms with Crippen molar-refractivity contribution in [3.05, 3.63) is 28.2 Å². The summed E-state index contributed by atoms with van der Waals surface area (Å²) in [5.74, 6) is -0.910. The average Bonchev–Trinajstić information content (AvgIpc) is 2.22. The van der Waals surface area contributed by atoms with E-state index in [1.165, 1.54) is 6.07 Å². The van der Waals surface area contributed by atoms with Gasteiger partial charge in [0.15, 0.2) is 0 Å². The third-order valence-corrected chi connectivity index (χ3v) is 3.47. The van der Waals surface area contributed by atoms with E-state index >= 15 is 0 Å². The first kappa shape index (κ1) is 12.8. The number of anilines is 1. The van der Waals surface area contributed by atoms with Crippen LogP contribution >= 0.6 is 15.9 Å². The van der Waals surface area contributed by atoms with Crippen LogP contribution in [-0.2, 0) is 4.74 Å². The molecule has 1 fully saturated rings. The topological polar surface area (TPSA) is 21.3 Å². The van der Waals surface area contributed by atoms with Gasteiger partial charge in [-0.05, 0) is 41.8 Å². The van der Waals surface area contributed by atoms with Crippen molar-refractivity contribution in [1.29, 1.82) is 0 Å². The van der Waals surface area contributed by atoms with Crippen LogP contribution in [0.3, 0.4) is 0 Å². The molecule has 5 heteroatoms. The van der Waals surface area contributed by atoms with E-state index in [0.29, 0.717) is 6.61 Å². The van der Waals surface area contributed by atoms with E-state index < -0.39 is 11.6 Å². The molecule has 0 amide bonds. The molecule has 1 saturated carbocycles. The monoisotopic (exact) mass is 305 g/mol. The van der Waals surface area contributed by atoms with Crippen LogP contribution in [0.1, 0.15) is 19.8 Å². The van der Waals surface area contributed by atoms with Crippen LogP contribution in [-0.4, -0.2) is 18.8 Å². The van der Waals surface area contributed by atoms with Crippen molar-refractivity contribution in [2.75, 3.05) is 11.9 Å². The molecule has 0 aromatic heterocycles. The van der Waals surface area contributed by atoms with Crippen LogP contribution in [0.4, 0.5) is 14.5 Å². The number of benzene rings is 1. The molecule has 0 bridgehead atoms. The van der Waals surface area contributed by atoms with Gasteiger partial charge in [-0.15, -0.1) is 0 Å². The summed E-state index contributed by atoms with van der Waals surface area (Å²) in [7, 11) is 0. The third kappa shape index (κ3) is 2.96. The Labute approximate surface area is 107 Å². The van der Waals surface area contributed by atoms with Crippen molar-refractivity contribution in [3.8, 4) is 0 Å². The van der Waals surface area contributed by atoms with Crippen molar-refractivity contribution in [2.24, 2.45) is 0 Å². The smallest absolute Gasteiger partial charge is 0.147 e. The van der Waals surface area contributed by atoms with Crippen LogP contribution in [0.5, 0.6) is 0 Å². The molecule has 1 aromatic carbocycles. The lowest BCUT2D eigenvalue weighted by Gasteiger charge is -2.36. The fourth-order valence-corrected chi connectivity index (χ4v) is 2.22. The lowest BCUT2D eigenvalue weighted by Crippen LogP contribution is -2.41. The predicted molar refractivity (Wildman–Crippen MR) is 66.1 cm³/mol. The summed E-state index contributed by atoms with van der Waals surface area (Å²) in [4.78, 5) is 0. The minimum atomic E-state index is -0.463. The highest BCUT2D eigenvalue weighted by Gasteiger charge is 2.30. The van der Waals surface area contributed by atoms with Crippen molar-refractivity contribution in [3.63, 3.8) is 0 Å². The Bertz CT molecular complexity index is 408. The zero-order valence-corrected chi connectivity index (χ0v) is 11.1. The third-order valence-electron chi connectivity index (χ3n) is 2.87. The molecule has 1 N–H and O–H groups in total. The fourth-order valence-electron chi connectivity index (χ4n) is 1.91. The second-order valence-electron chi connectivity index (χ2n) is 4.14. The summed E-state index contributed by atoms with van der Waals surface area (Å²) in [5, 5.41) is 2.99. The average molecular weight is 306 g/mol. The first-order chi connectivity index (χ1) is 8.10. The molecule has 1 aromatic rings. The van der Waals surface area contributed by atoms with Crippen molar-refractivity contribution >= 4 is 21.6 Å². The van der Waals surface area contributed by atoms with Gasteiger partial charge < -0.3 is 10.1 Å². The highest BCUT2D eigenvalue weighted by molar-refractivity contribution is 9.10. The highest BCUT2D eigenvalue weighted by atomic mass is 79.9. The standard InChI is InChI=1S/C12H14BrF2NO/c1-2-17-8-3-7(4-8)16-12-6-10(14)9(13)5-11(12)15/h5-8,16H,2-4H2,1H3. The van der Waals surface area contributed by atoms with Gasteiger partial charge in [0.1, 0.15) is 11.6 Å². The van der Waals surface area contributed by atoms with Crippen LogP contribution in [0.25, 0.3) is 0 Å². The maximum atomic E-state index is 13.5. The molecule has 2 nitrogen and oxygen atoms in total. The Morgan fingerprint density at radius 1 is 1.35 bits per heavy atom. The normalized spacial score (nSPS) is 23.3. The minimum Gasteiger partial charge on any atom is -0.380 e. The van der Waals surface area contributed by atoms with Gasteiger partial charge in [-0.25, -0.2) is 8.78 Å². The predicted octanol–water partition coefficient (Wildman–Crippen LogP) is 3.71. The van der Waals surface area contributed by atoms with Crippen molar-refractivity contribution < 1.29 is 13.5 Å². The van der Waals surface area contributed by atoms with Gasteiger partial charge >= 0.3 is 0 Å². The van der Waals surface area contributed by atoms with Crippen LogP contribution in [0, 0.1) is 11.6 Å². The molecule has 0 radical (unpaired) electrons. The number of rotatable bonds is 4. The summed E-state index contributed by atoms with van der Waals surface area (Å²) in [6.07, 6.45) is 1.93. The molecule has 0 aliphatic heterocycles. The Hall–Kier alpha value is -0.680. The van der Waals surface area contributed by atoms with E-state index in [9.17, 15) is 8.78 Å². The summed E-state index contributed by atoms with van der Waals surface area (Å²) < 4.78 is 32.3. The number of nitrogens with one attached hydrogen (secondary N) is 1. The molecular formula is C12H14BrF2NO. The number of halogens is 3. The van der Waals surface area contributed by atoms with Crippen molar-refractivity contribution in [2.45, 2.75) is 31.9 Å². The van der Waals surface area contributed by atoms with Crippen LogP contribution < -0.4 is 5.32 Å². The molecule has 2 rings (SSSR count). The number of hydrogen-bond donors (Lipinski definition) is 1. The van der Waals surface area contributed by atoms with Gasteiger partial charge in [-0.1, -0.05) is 0 Å². The summed E-state index contributed by atoms with van der Waals surface area (Å²) in [6, 6.07) is 2.48. The molecule has 1 aliphatic carbocycles. The second-order valence-corrected chi connectivity index (χ2v) is 4.99. The second kappa shape index (κ2) is 5.31. The molecule has 1 aliphatic rings. The van der Waals surface area contributed by atoms with Crippen molar-refractivity contribution in [1.82, 2.24) is 0 Å². The van der Waals surface area contributed by atoms with Gasteiger partial charge in [-0.3, -0.25) is 0 Å². The van der Waals surface area contributed by atoms with E-state index in [0.717, 1.165) is 18.9 Å². The molecule has 17 heavy (non-hydrogen) atoms. The SMILES string of the molecule is CCOC1CC(Nc2cc(F)c(Br)cc2F)C1. The van der Waals surface area contributed by atoms with E-state index in [2.05, 4.69) is 21.2 Å². The molecule has 0 heterocycles. The highest BCUT2D eigenvalue weighted by Crippen LogP contribution is 2.29. The van der Waals surface area contributed by atoms with Gasteiger partial charge in [0.2, 0.25) is 0 Å². The minimum absolute atomic E-state index is 0.140. The largest absolute Gasteiger partial charge is 0.380 e. The van der Waals surface area contributed by atoms with E-state index in [4.69, 9.17) is 4.74 Å². The van der Waals surface area contributed by atoms with Crippen LogP contribution in [0.15, 0.2) is 16.6 Å². The Morgan fingerprint density at radius 2 is 2.06 bits per heavy atom. The maximum absolute atomic E-state index is 13.5. The first-order valence-electron chi connectivity index (χ1n) is 5.62. The van der Waals surface area contributed by atoms with Gasteiger partial charge in [0.05, 0.1) is 16.3 Å². The molecule has 0 spiro atoms. The quantitative estimate of drug-likeness (QED) is 0.856. The van der Waals surface area contributed by atoms with Gasteiger partial charge in [-0.2, -0.15) is 0 Å². The first-order valence-corrected chi connectivity index (χ1v) is 6.42. The summed E-state index contributed by atoms with van der Waals surface area (Å²) >= 11 is 2.94. The fraction of sp³-hybridized carbons (Fsp3) is 0.500. The molecule has 0 saturated heterocycles. The molecule has 94 valence electrons. The van der Waals surface area contributed by atoms with E-state index in [1.807, 2.05) is 6.92 Å². The molecule has 0 atom stereocenters. The lowest BCUT2D eigenvalue weighted by atomic mass is 9.89. The summed E-state index contributed by atoms with van der Waals surface area (Å²) in [5.41, 5.74) is 0.214. The zero-order valence-electron chi connectivity index (χ0n) is 9.47. The van der Waals surface area contributed by atoms with Crippen LogP contribution in [0.2, 0.25) is 0 Å². The Balaban J connectivity index is 1.94.